The number of carbonyl (C=O) groups excluding carboxylic acids is 1. The van der Waals surface area contributed by atoms with E-state index in [1.54, 1.807) is 32.9 Å². The van der Waals surface area contributed by atoms with Crippen LogP contribution in [0.3, 0.4) is 0 Å². The van der Waals surface area contributed by atoms with E-state index in [2.05, 4.69) is 5.32 Å². The molecule has 0 aliphatic heterocycles. The zero-order chi connectivity index (χ0) is 14.8. The molecule has 1 aliphatic carbocycles. The maximum Gasteiger partial charge on any atom is 0.408 e. The van der Waals surface area contributed by atoms with Gasteiger partial charge in [-0.25, -0.2) is 4.79 Å². The van der Waals surface area contributed by atoms with E-state index in [9.17, 15) is 14.7 Å². The fourth-order valence-electron chi connectivity index (χ4n) is 2.18. The van der Waals surface area contributed by atoms with Crippen molar-refractivity contribution in [3.05, 3.63) is 12.2 Å². The van der Waals surface area contributed by atoms with Gasteiger partial charge in [-0.2, -0.15) is 0 Å². The molecule has 1 amide bonds. The zero-order valence-electron chi connectivity index (χ0n) is 12.2. The largest absolute Gasteiger partial charge is 0.481 e. The quantitative estimate of drug-likeness (QED) is 0.772. The molecule has 0 radical (unpaired) electrons. The van der Waals surface area contributed by atoms with Gasteiger partial charge in [-0.15, -0.1) is 0 Å². The van der Waals surface area contributed by atoms with E-state index in [0.29, 0.717) is 6.42 Å². The van der Waals surface area contributed by atoms with E-state index in [1.807, 2.05) is 13.8 Å². The molecule has 108 valence electrons. The van der Waals surface area contributed by atoms with E-state index >= 15 is 0 Å². The number of carboxylic acids is 1. The molecule has 0 saturated heterocycles. The molecule has 5 nitrogen and oxygen atoms in total. The summed E-state index contributed by atoms with van der Waals surface area (Å²) in [6, 6.07) is -0.298. The van der Waals surface area contributed by atoms with Crippen LogP contribution in [0.15, 0.2) is 12.2 Å². The topological polar surface area (TPSA) is 75.6 Å². The van der Waals surface area contributed by atoms with Crippen LogP contribution in [0.4, 0.5) is 4.79 Å². The molecule has 0 bridgehead atoms. The predicted molar refractivity (Wildman–Crippen MR) is 71.8 cm³/mol. The maximum atomic E-state index is 11.7. The third kappa shape index (κ3) is 3.72. The number of aliphatic carboxylic acids is 1. The molecule has 0 spiro atoms. The molecule has 19 heavy (non-hydrogen) atoms. The number of rotatable bonds is 3. The number of nitrogens with one attached hydrogen (secondary N) is 1. The van der Waals surface area contributed by atoms with Gasteiger partial charge in [-0.05, 0) is 33.1 Å². The molecule has 0 heterocycles. The van der Waals surface area contributed by atoms with Crippen LogP contribution >= 0.6 is 0 Å². The lowest BCUT2D eigenvalue weighted by atomic mass is 9.76. The summed E-state index contributed by atoms with van der Waals surface area (Å²) < 4.78 is 5.16. The van der Waals surface area contributed by atoms with Crippen molar-refractivity contribution in [1.29, 1.82) is 0 Å². The minimum Gasteiger partial charge on any atom is -0.481 e. The lowest BCUT2D eigenvalue weighted by molar-refractivity contribution is -0.148. The van der Waals surface area contributed by atoms with Gasteiger partial charge in [0.05, 0.1) is 11.5 Å². The third-order valence-electron chi connectivity index (χ3n) is 3.31. The molecular formula is C14H23NO4. The molecule has 5 heteroatoms. The van der Waals surface area contributed by atoms with Crippen LogP contribution in [0.5, 0.6) is 0 Å². The van der Waals surface area contributed by atoms with E-state index in [1.165, 1.54) is 0 Å². The standard InChI is InChI=1S/C14H23NO4/c1-9(2)14(11(16)17)7-6-10(8-14)15-12(18)19-13(3,4)5/h6-7,9-10H,8H2,1-5H3,(H,15,18)(H,16,17)/t10?,14-/m0/s1. The fraction of sp³-hybridized carbons (Fsp3) is 0.714. The van der Waals surface area contributed by atoms with Crippen molar-refractivity contribution in [2.75, 3.05) is 0 Å². The van der Waals surface area contributed by atoms with Crippen molar-refractivity contribution in [2.45, 2.75) is 52.7 Å². The second-order valence-corrected chi connectivity index (χ2v) is 6.32. The number of amides is 1. The van der Waals surface area contributed by atoms with Crippen molar-refractivity contribution in [2.24, 2.45) is 11.3 Å². The highest BCUT2D eigenvalue weighted by atomic mass is 16.6. The summed E-state index contributed by atoms with van der Waals surface area (Å²) in [6.45, 7) is 9.09. The molecule has 1 unspecified atom stereocenters. The Bertz CT molecular complexity index is 395. The Hall–Kier alpha value is -1.52. The van der Waals surface area contributed by atoms with Gasteiger partial charge in [0.25, 0.3) is 0 Å². The summed E-state index contributed by atoms with van der Waals surface area (Å²) in [5.74, 6) is -0.890. The third-order valence-corrected chi connectivity index (χ3v) is 3.31. The zero-order valence-corrected chi connectivity index (χ0v) is 12.2. The van der Waals surface area contributed by atoms with Crippen molar-refractivity contribution in [3.63, 3.8) is 0 Å². The van der Waals surface area contributed by atoms with Crippen LogP contribution in [0.1, 0.15) is 41.0 Å². The fourth-order valence-corrected chi connectivity index (χ4v) is 2.18. The smallest absolute Gasteiger partial charge is 0.408 e. The minimum atomic E-state index is -0.903. The van der Waals surface area contributed by atoms with Gasteiger partial charge in [0, 0.05) is 0 Å². The van der Waals surface area contributed by atoms with E-state index in [0.717, 1.165) is 0 Å². The van der Waals surface area contributed by atoms with Crippen molar-refractivity contribution < 1.29 is 19.4 Å². The average Bonchev–Trinajstić information content (AvgIpc) is 2.59. The molecular weight excluding hydrogens is 246 g/mol. The van der Waals surface area contributed by atoms with Gasteiger partial charge < -0.3 is 15.2 Å². The lowest BCUT2D eigenvalue weighted by Gasteiger charge is -2.28. The first-order chi connectivity index (χ1) is 8.57. The van der Waals surface area contributed by atoms with Gasteiger partial charge in [-0.1, -0.05) is 26.0 Å². The van der Waals surface area contributed by atoms with E-state index in [-0.39, 0.29) is 12.0 Å². The molecule has 0 aromatic rings. The first-order valence-electron chi connectivity index (χ1n) is 6.49. The first-order valence-corrected chi connectivity index (χ1v) is 6.49. The summed E-state index contributed by atoms with van der Waals surface area (Å²) in [7, 11) is 0. The van der Waals surface area contributed by atoms with Crippen LogP contribution < -0.4 is 5.32 Å². The Labute approximate surface area is 114 Å². The van der Waals surface area contributed by atoms with Crippen molar-refractivity contribution >= 4 is 12.1 Å². The molecule has 0 fully saturated rings. The van der Waals surface area contributed by atoms with Crippen molar-refractivity contribution in [1.82, 2.24) is 5.32 Å². The van der Waals surface area contributed by atoms with Gasteiger partial charge in [-0.3, -0.25) is 4.79 Å². The summed E-state index contributed by atoms with van der Waals surface area (Å²) in [5.41, 5.74) is -1.46. The summed E-state index contributed by atoms with van der Waals surface area (Å²) in [5, 5.41) is 12.1. The van der Waals surface area contributed by atoms with Gasteiger partial charge in [0.15, 0.2) is 0 Å². The molecule has 0 aromatic carbocycles. The van der Waals surface area contributed by atoms with Crippen LogP contribution in [-0.4, -0.2) is 28.8 Å². The van der Waals surface area contributed by atoms with Crippen LogP contribution in [-0.2, 0) is 9.53 Å². The summed E-state index contributed by atoms with van der Waals surface area (Å²) in [4.78, 5) is 23.1. The number of carboxylic acid groups (broad SMARTS) is 1. The minimum absolute atomic E-state index is 0.0355. The molecule has 0 saturated carbocycles. The Morgan fingerprint density at radius 2 is 2.00 bits per heavy atom. The molecule has 2 N–H and O–H groups in total. The predicted octanol–water partition coefficient (Wildman–Crippen LogP) is 2.57. The van der Waals surface area contributed by atoms with Crippen LogP contribution in [0.25, 0.3) is 0 Å². The van der Waals surface area contributed by atoms with Gasteiger partial charge in [0.1, 0.15) is 5.60 Å². The Balaban J connectivity index is 2.65. The monoisotopic (exact) mass is 269 g/mol. The molecule has 1 aliphatic rings. The Kier molecular flexibility index (Phi) is 4.28. The number of carbonyl (C=O) groups is 2. The van der Waals surface area contributed by atoms with E-state index in [4.69, 9.17) is 4.74 Å². The first kappa shape index (κ1) is 15.5. The van der Waals surface area contributed by atoms with Crippen molar-refractivity contribution in [3.8, 4) is 0 Å². The summed E-state index contributed by atoms with van der Waals surface area (Å²) in [6.07, 6.45) is 3.26. The summed E-state index contributed by atoms with van der Waals surface area (Å²) >= 11 is 0. The van der Waals surface area contributed by atoms with Crippen LogP contribution in [0.2, 0.25) is 0 Å². The second-order valence-electron chi connectivity index (χ2n) is 6.32. The Morgan fingerprint density at radius 1 is 1.42 bits per heavy atom. The highest BCUT2D eigenvalue weighted by Gasteiger charge is 2.44. The number of hydrogen-bond acceptors (Lipinski definition) is 3. The Morgan fingerprint density at radius 3 is 2.37 bits per heavy atom. The van der Waals surface area contributed by atoms with Gasteiger partial charge >= 0.3 is 12.1 Å². The number of ether oxygens (including phenoxy) is 1. The highest BCUT2D eigenvalue weighted by Crippen LogP contribution is 2.39. The molecule has 0 aromatic heterocycles. The number of hydrogen-bond donors (Lipinski definition) is 2. The molecule has 2 atom stereocenters. The molecule has 1 rings (SSSR count). The average molecular weight is 269 g/mol. The van der Waals surface area contributed by atoms with Crippen LogP contribution in [0, 0.1) is 11.3 Å². The maximum absolute atomic E-state index is 11.7. The second kappa shape index (κ2) is 5.23. The SMILES string of the molecule is CC(C)[C@]1(C(=O)O)C=CC(NC(=O)OC(C)(C)C)C1. The van der Waals surface area contributed by atoms with E-state index < -0.39 is 23.1 Å². The van der Waals surface area contributed by atoms with Gasteiger partial charge in [0.2, 0.25) is 0 Å². The normalized spacial score (nSPS) is 26.5. The lowest BCUT2D eigenvalue weighted by Crippen LogP contribution is -2.41. The number of alkyl carbamates (subject to hydrolysis) is 1. The highest BCUT2D eigenvalue weighted by molar-refractivity contribution is 5.79.